The van der Waals surface area contributed by atoms with E-state index in [0.29, 0.717) is 0 Å². The van der Waals surface area contributed by atoms with Crippen LogP contribution in [-0.4, -0.2) is 15.7 Å². The van der Waals surface area contributed by atoms with Crippen LogP contribution in [0, 0.1) is 0 Å². The van der Waals surface area contributed by atoms with Crippen molar-refractivity contribution in [2.75, 3.05) is 5.75 Å². The van der Waals surface area contributed by atoms with Crippen LogP contribution < -0.4 is 0 Å². The molecule has 3 heteroatoms. The van der Waals surface area contributed by atoms with Crippen molar-refractivity contribution in [3.8, 4) is 0 Å². The molecule has 0 N–H and O–H groups in total. The van der Waals surface area contributed by atoms with Crippen LogP contribution in [0.1, 0.15) is 12.7 Å². The maximum absolute atomic E-state index is 4.08. The van der Waals surface area contributed by atoms with Crippen LogP contribution in [0.4, 0.5) is 0 Å². The molecule has 0 aliphatic carbocycles. The fourth-order valence-electron chi connectivity index (χ4n) is 0.598. The zero-order valence-electron chi connectivity index (χ0n) is 5.95. The first-order chi connectivity index (χ1) is 4.93. The van der Waals surface area contributed by atoms with Crippen molar-refractivity contribution >= 4 is 11.8 Å². The van der Waals surface area contributed by atoms with Crippen LogP contribution in [-0.2, 0) is 5.75 Å². The summed E-state index contributed by atoms with van der Waals surface area (Å²) in [5, 5.41) is 0. The minimum atomic E-state index is 0.925. The molecule has 0 unspecified atom stereocenters. The number of rotatable bonds is 3. The molecule has 0 aliphatic heterocycles. The molecule has 1 aromatic heterocycles. The lowest BCUT2D eigenvalue weighted by atomic mass is 10.6. The van der Waals surface area contributed by atoms with Crippen molar-refractivity contribution < 1.29 is 0 Å². The highest BCUT2D eigenvalue weighted by molar-refractivity contribution is 7.98. The summed E-state index contributed by atoms with van der Waals surface area (Å²) in [5.41, 5.74) is 0. The van der Waals surface area contributed by atoms with E-state index in [1.54, 1.807) is 12.4 Å². The molecule has 0 saturated heterocycles. The smallest absolute Gasteiger partial charge is 0.138 e. The predicted molar refractivity (Wildman–Crippen MR) is 43.9 cm³/mol. The van der Waals surface area contributed by atoms with Gasteiger partial charge in [-0.1, -0.05) is 6.92 Å². The topological polar surface area (TPSA) is 25.8 Å². The van der Waals surface area contributed by atoms with Gasteiger partial charge in [0, 0.05) is 12.4 Å². The zero-order valence-corrected chi connectivity index (χ0v) is 6.77. The standard InChI is InChI=1S/C7H10N2S/c1-2-10-6-7-8-4-3-5-9-7/h3-5H,2,6H2,1H3. The van der Waals surface area contributed by atoms with Crippen molar-refractivity contribution in [2.45, 2.75) is 12.7 Å². The summed E-state index contributed by atoms with van der Waals surface area (Å²) < 4.78 is 0. The average molecular weight is 154 g/mol. The molecule has 0 bridgehead atoms. The van der Waals surface area contributed by atoms with Crippen molar-refractivity contribution in [3.05, 3.63) is 24.3 Å². The van der Waals surface area contributed by atoms with Gasteiger partial charge < -0.3 is 0 Å². The number of thioether (sulfide) groups is 1. The number of aromatic nitrogens is 2. The SMILES string of the molecule is CCSCc1ncccn1. The Morgan fingerprint density at radius 1 is 1.40 bits per heavy atom. The molecule has 10 heavy (non-hydrogen) atoms. The molecule has 0 amide bonds. The lowest BCUT2D eigenvalue weighted by Crippen LogP contribution is -1.89. The fourth-order valence-corrected chi connectivity index (χ4v) is 1.13. The van der Waals surface area contributed by atoms with Gasteiger partial charge in [-0.25, -0.2) is 9.97 Å². The summed E-state index contributed by atoms with van der Waals surface area (Å²) >= 11 is 1.84. The summed E-state index contributed by atoms with van der Waals surface area (Å²) in [6.07, 6.45) is 3.55. The second kappa shape index (κ2) is 4.28. The van der Waals surface area contributed by atoms with Gasteiger partial charge >= 0.3 is 0 Å². The van der Waals surface area contributed by atoms with Gasteiger partial charge in [0.15, 0.2) is 0 Å². The molecule has 0 aliphatic rings. The van der Waals surface area contributed by atoms with Gasteiger partial charge in [0.1, 0.15) is 5.82 Å². The Balaban J connectivity index is 2.43. The van der Waals surface area contributed by atoms with Gasteiger partial charge in [-0.3, -0.25) is 0 Å². The average Bonchev–Trinajstić information content (AvgIpc) is 2.03. The molecule has 0 spiro atoms. The predicted octanol–water partition coefficient (Wildman–Crippen LogP) is 1.73. The Morgan fingerprint density at radius 2 is 2.10 bits per heavy atom. The van der Waals surface area contributed by atoms with Gasteiger partial charge in [0.05, 0.1) is 5.75 Å². The first-order valence-corrected chi connectivity index (χ1v) is 4.42. The molecule has 0 saturated carbocycles. The number of hydrogen-bond acceptors (Lipinski definition) is 3. The number of nitrogens with zero attached hydrogens (tertiary/aromatic N) is 2. The Hall–Kier alpha value is -0.570. The van der Waals surface area contributed by atoms with Crippen LogP contribution in [0.25, 0.3) is 0 Å². The molecule has 1 aromatic rings. The quantitative estimate of drug-likeness (QED) is 0.663. The van der Waals surface area contributed by atoms with Gasteiger partial charge in [0.25, 0.3) is 0 Å². The molecule has 0 radical (unpaired) electrons. The Bertz CT molecular complexity index is 176. The molecule has 0 aromatic carbocycles. The Labute approximate surface area is 65.1 Å². The minimum Gasteiger partial charge on any atom is -0.240 e. The molecule has 2 nitrogen and oxygen atoms in total. The van der Waals surface area contributed by atoms with E-state index in [9.17, 15) is 0 Å². The molecule has 1 rings (SSSR count). The maximum atomic E-state index is 4.08. The van der Waals surface area contributed by atoms with Crippen molar-refractivity contribution in [2.24, 2.45) is 0 Å². The van der Waals surface area contributed by atoms with Gasteiger partial charge in [0.2, 0.25) is 0 Å². The molecule has 0 fully saturated rings. The summed E-state index contributed by atoms with van der Waals surface area (Å²) in [5.74, 6) is 2.98. The second-order valence-corrected chi connectivity index (χ2v) is 3.08. The third-order valence-electron chi connectivity index (χ3n) is 1.05. The highest BCUT2D eigenvalue weighted by Crippen LogP contribution is 2.05. The molecule has 1 heterocycles. The minimum absolute atomic E-state index is 0.925. The third-order valence-corrected chi connectivity index (χ3v) is 1.93. The van der Waals surface area contributed by atoms with E-state index in [0.717, 1.165) is 17.3 Å². The van der Waals surface area contributed by atoms with Crippen LogP contribution >= 0.6 is 11.8 Å². The van der Waals surface area contributed by atoms with E-state index in [4.69, 9.17) is 0 Å². The summed E-state index contributed by atoms with van der Waals surface area (Å²) in [6, 6.07) is 1.83. The van der Waals surface area contributed by atoms with E-state index >= 15 is 0 Å². The summed E-state index contributed by atoms with van der Waals surface area (Å²) in [6.45, 7) is 2.13. The molecule has 0 atom stereocenters. The van der Waals surface area contributed by atoms with E-state index in [1.165, 1.54) is 0 Å². The maximum Gasteiger partial charge on any atom is 0.138 e. The van der Waals surface area contributed by atoms with E-state index < -0.39 is 0 Å². The molecular weight excluding hydrogens is 144 g/mol. The fraction of sp³-hybridized carbons (Fsp3) is 0.429. The first-order valence-electron chi connectivity index (χ1n) is 3.27. The third kappa shape index (κ3) is 2.35. The highest BCUT2D eigenvalue weighted by Gasteiger charge is 1.90. The van der Waals surface area contributed by atoms with E-state index in [1.807, 2.05) is 17.8 Å². The monoisotopic (exact) mass is 154 g/mol. The van der Waals surface area contributed by atoms with Gasteiger partial charge in [-0.05, 0) is 11.8 Å². The zero-order chi connectivity index (χ0) is 7.23. The van der Waals surface area contributed by atoms with Crippen LogP contribution in [0.3, 0.4) is 0 Å². The van der Waals surface area contributed by atoms with Crippen LogP contribution in [0.15, 0.2) is 18.5 Å². The normalized spacial score (nSPS) is 9.70. The summed E-state index contributed by atoms with van der Waals surface area (Å²) in [7, 11) is 0. The lowest BCUT2D eigenvalue weighted by molar-refractivity contribution is 1.03. The highest BCUT2D eigenvalue weighted by atomic mass is 32.2. The van der Waals surface area contributed by atoms with E-state index in [2.05, 4.69) is 16.9 Å². The van der Waals surface area contributed by atoms with Gasteiger partial charge in [-0.15, -0.1) is 0 Å². The number of hydrogen-bond donors (Lipinski definition) is 0. The first kappa shape index (κ1) is 7.54. The van der Waals surface area contributed by atoms with Crippen molar-refractivity contribution in [1.29, 1.82) is 0 Å². The van der Waals surface area contributed by atoms with Gasteiger partial charge in [-0.2, -0.15) is 11.8 Å². The van der Waals surface area contributed by atoms with Crippen LogP contribution in [0.5, 0.6) is 0 Å². The molecular formula is C7H10N2S. The Kier molecular flexibility index (Phi) is 3.22. The second-order valence-electron chi connectivity index (χ2n) is 1.80. The van der Waals surface area contributed by atoms with E-state index in [-0.39, 0.29) is 0 Å². The Morgan fingerprint density at radius 3 is 2.70 bits per heavy atom. The van der Waals surface area contributed by atoms with Crippen LogP contribution in [0.2, 0.25) is 0 Å². The van der Waals surface area contributed by atoms with Crippen molar-refractivity contribution in [1.82, 2.24) is 9.97 Å². The summed E-state index contributed by atoms with van der Waals surface area (Å²) in [4.78, 5) is 8.17. The lowest BCUT2D eigenvalue weighted by Gasteiger charge is -1.94. The largest absolute Gasteiger partial charge is 0.240 e. The van der Waals surface area contributed by atoms with Crippen molar-refractivity contribution in [3.63, 3.8) is 0 Å². The molecule has 54 valence electrons.